The summed E-state index contributed by atoms with van der Waals surface area (Å²) in [6.45, 7) is 1.45. The number of hydrogen-bond donors (Lipinski definition) is 5. The second-order valence-corrected chi connectivity index (χ2v) is 9.33. The number of carbonyl (C=O) groups excluding carboxylic acids is 5. The summed E-state index contributed by atoms with van der Waals surface area (Å²) in [6.07, 6.45) is -1.56. The summed E-state index contributed by atoms with van der Waals surface area (Å²) in [5.74, 6) is -7.38. The molecule has 5 rings (SSSR count). The minimum Gasteiger partial charge on any atom is -0.507 e. The Labute approximate surface area is 213 Å². The molecule has 12 nitrogen and oxygen atoms in total. The van der Waals surface area contributed by atoms with Gasteiger partial charge in [-0.1, -0.05) is 6.07 Å². The average molecular weight is 523 g/mol. The average Bonchev–Trinajstić information content (AvgIpc) is 2.85. The minimum absolute atomic E-state index is 0.0283. The van der Waals surface area contributed by atoms with Gasteiger partial charge in [0.25, 0.3) is 0 Å². The number of rotatable bonds is 2. The molecule has 3 aliphatic rings. The quantitative estimate of drug-likeness (QED) is 0.329. The molecule has 0 saturated heterocycles. The molecule has 0 heterocycles. The third kappa shape index (κ3) is 2.66. The van der Waals surface area contributed by atoms with Gasteiger partial charge >= 0.3 is 5.97 Å². The third-order valence-electron chi connectivity index (χ3n) is 7.55. The molecule has 0 aromatic heterocycles. The number of methoxy groups -OCH3 is 2. The van der Waals surface area contributed by atoms with Gasteiger partial charge in [0, 0.05) is 36.3 Å². The van der Waals surface area contributed by atoms with Crippen LogP contribution in [0, 0.1) is 6.92 Å². The molecular weight excluding hydrogens is 502 g/mol. The number of esters is 1. The van der Waals surface area contributed by atoms with Gasteiger partial charge < -0.3 is 35.6 Å². The molecule has 3 atom stereocenters. The van der Waals surface area contributed by atoms with Crippen molar-refractivity contribution in [2.75, 3.05) is 14.2 Å². The van der Waals surface area contributed by atoms with E-state index in [0.717, 1.165) is 26.4 Å². The van der Waals surface area contributed by atoms with Gasteiger partial charge in [-0.15, -0.1) is 0 Å². The number of allylic oxidation sites excluding steroid dienone is 2. The number of carbonyl (C=O) groups is 5. The predicted octanol–water partition coefficient (Wildman–Crippen LogP) is -0.0166. The Morgan fingerprint density at radius 1 is 1.03 bits per heavy atom. The summed E-state index contributed by atoms with van der Waals surface area (Å²) < 4.78 is 10.1. The molecule has 0 bridgehead atoms. The number of phenols is 2. The molecule has 196 valence electrons. The molecule has 0 aliphatic heterocycles. The highest BCUT2D eigenvalue weighted by molar-refractivity contribution is 6.30. The van der Waals surface area contributed by atoms with Crippen molar-refractivity contribution in [3.8, 4) is 11.5 Å². The lowest BCUT2D eigenvalue weighted by molar-refractivity contribution is -0.181. The van der Waals surface area contributed by atoms with Gasteiger partial charge in [0.2, 0.25) is 17.3 Å². The second kappa shape index (κ2) is 7.81. The van der Waals surface area contributed by atoms with Crippen LogP contribution >= 0.6 is 0 Å². The Kier molecular flexibility index (Phi) is 5.19. The Balaban J connectivity index is 1.92. The van der Waals surface area contributed by atoms with Crippen LogP contribution in [-0.2, 0) is 21.5 Å². The van der Waals surface area contributed by atoms with Crippen molar-refractivity contribution in [1.82, 2.24) is 0 Å². The zero-order chi connectivity index (χ0) is 28.1. The molecular formula is C26H21NO11. The van der Waals surface area contributed by atoms with Crippen LogP contribution in [0.1, 0.15) is 68.5 Å². The first kappa shape index (κ1) is 25.3. The number of ketones is 4. The van der Waals surface area contributed by atoms with E-state index in [1.165, 1.54) is 13.0 Å². The van der Waals surface area contributed by atoms with E-state index in [4.69, 9.17) is 15.2 Å². The highest BCUT2D eigenvalue weighted by Gasteiger charge is 2.72. The van der Waals surface area contributed by atoms with Crippen LogP contribution in [0.25, 0.3) is 0 Å². The summed E-state index contributed by atoms with van der Waals surface area (Å²) in [7, 11) is 1.98. The van der Waals surface area contributed by atoms with Crippen LogP contribution < -0.4 is 5.73 Å². The zero-order valence-corrected chi connectivity index (χ0v) is 20.2. The molecule has 6 N–H and O–H groups in total. The number of benzene rings is 2. The van der Waals surface area contributed by atoms with Crippen molar-refractivity contribution in [1.29, 1.82) is 0 Å². The van der Waals surface area contributed by atoms with Crippen LogP contribution in [0.5, 0.6) is 11.5 Å². The summed E-state index contributed by atoms with van der Waals surface area (Å²) >= 11 is 0. The third-order valence-corrected chi connectivity index (χ3v) is 7.55. The normalized spacial score (nSPS) is 25.7. The number of aromatic hydroxyl groups is 2. The zero-order valence-electron chi connectivity index (χ0n) is 20.2. The van der Waals surface area contributed by atoms with E-state index in [-0.39, 0.29) is 11.1 Å². The number of hydrogen-bond acceptors (Lipinski definition) is 12. The number of phenolic OH excluding ortho intramolecular Hbond substituents is 2. The number of aryl methyl sites for hydroxylation is 1. The van der Waals surface area contributed by atoms with E-state index in [0.29, 0.717) is 0 Å². The van der Waals surface area contributed by atoms with E-state index in [1.54, 1.807) is 0 Å². The molecule has 0 unspecified atom stereocenters. The van der Waals surface area contributed by atoms with Gasteiger partial charge in [0.15, 0.2) is 17.0 Å². The smallest absolute Gasteiger partial charge is 0.341 e. The van der Waals surface area contributed by atoms with Crippen molar-refractivity contribution in [3.63, 3.8) is 0 Å². The first-order valence-electron chi connectivity index (χ1n) is 11.2. The first-order chi connectivity index (χ1) is 17.8. The van der Waals surface area contributed by atoms with Gasteiger partial charge in [0.05, 0.1) is 30.0 Å². The Bertz CT molecular complexity index is 1590. The molecule has 2 aromatic carbocycles. The number of ether oxygens (including phenoxy) is 2. The van der Waals surface area contributed by atoms with Crippen LogP contribution in [0.4, 0.5) is 0 Å². The van der Waals surface area contributed by atoms with Crippen LogP contribution in [0.2, 0.25) is 0 Å². The minimum atomic E-state index is -3.15. The molecule has 2 aromatic rings. The van der Waals surface area contributed by atoms with Gasteiger partial charge in [-0.2, -0.15) is 0 Å². The molecule has 38 heavy (non-hydrogen) atoms. The van der Waals surface area contributed by atoms with E-state index >= 15 is 0 Å². The highest BCUT2D eigenvalue weighted by atomic mass is 16.5. The lowest BCUT2D eigenvalue weighted by Gasteiger charge is -2.52. The number of aliphatic hydroxyl groups is 2. The van der Waals surface area contributed by atoms with Crippen LogP contribution in [0.15, 0.2) is 23.9 Å². The van der Waals surface area contributed by atoms with Crippen molar-refractivity contribution in [2.24, 2.45) is 5.73 Å². The van der Waals surface area contributed by atoms with Gasteiger partial charge in [-0.3, -0.25) is 19.2 Å². The summed E-state index contributed by atoms with van der Waals surface area (Å²) in [5, 5.41) is 45.5. The second-order valence-electron chi connectivity index (χ2n) is 9.33. The lowest BCUT2D eigenvalue weighted by atomic mass is 9.56. The maximum Gasteiger partial charge on any atom is 0.341 e. The van der Waals surface area contributed by atoms with Crippen LogP contribution in [-0.4, -0.2) is 75.5 Å². The fourth-order valence-electron chi connectivity index (χ4n) is 5.87. The molecule has 0 amide bonds. The number of aliphatic hydroxyl groups excluding tert-OH is 1. The van der Waals surface area contributed by atoms with E-state index in [2.05, 4.69) is 0 Å². The summed E-state index contributed by atoms with van der Waals surface area (Å²) in [6, 6.07) is 2.18. The van der Waals surface area contributed by atoms with E-state index in [9.17, 15) is 44.4 Å². The maximum atomic E-state index is 14.1. The largest absolute Gasteiger partial charge is 0.507 e. The predicted molar refractivity (Wildman–Crippen MR) is 125 cm³/mol. The number of Topliss-reactive ketones (excluding diaryl/α,β-unsaturated/α-hetero) is 3. The Morgan fingerprint density at radius 2 is 1.68 bits per heavy atom. The monoisotopic (exact) mass is 523 g/mol. The summed E-state index contributed by atoms with van der Waals surface area (Å²) in [5.41, 5.74) is -4.14. The van der Waals surface area contributed by atoms with Crippen molar-refractivity contribution < 1.29 is 53.9 Å². The van der Waals surface area contributed by atoms with Gasteiger partial charge in [-0.25, -0.2) is 4.79 Å². The molecule has 12 heteroatoms. The number of fused-ring (bicyclic) bond motifs is 5. The van der Waals surface area contributed by atoms with Crippen molar-refractivity contribution in [2.45, 2.75) is 30.7 Å². The van der Waals surface area contributed by atoms with Crippen LogP contribution in [0.3, 0.4) is 0 Å². The van der Waals surface area contributed by atoms with E-state index in [1.807, 2.05) is 0 Å². The molecule has 0 fully saturated rings. The van der Waals surface area contributed by atoms with Crippen molar-refractivity contribution in [3.05, 3.63) is 68.4 Å². The SMILES string of the molecule is COC(=O)c1c(C)cc2c(c1O)[C@@]1(O)C(=O)c3cc4c(c(O)c3C(=O)[C@@]1(OC)[C@@H](O)C2)C(=O)C=C(N)C4=O. The molecule has 0 spiro atoms. The van der Waals surface area contributed by atoms with Gasteiger partial charge in [-0.05, 0) is 24.1 Å². The van der Waals surface area contributed by atoms with Gasteiger partial charge in [0.1, 0.15) is 17.1 Å². The fourth-order valence-corrected chi connectivity index (χ4v) is 5.87. The fraction of sp³-hybridized carbons (Fsp3) is 0.269. The maximum absolute atomic E-state index is 14.1. The van der Waals surface area contributed by atoms with Crippen molar-refractivity contribution >= 4 is 29.1 Å². The standard InChI is InChI=1S/C26H21NO11/c1-8-4-9-5-14(29)26(38-3)23(34)17-11(6-10-16(20(17)31)13(28)7-12(27)19(10)30)22(33)25(26,36)18(9)21(32)15(8)24(35)37-2/h4,6-7,14,29,31-32,36H,5,27H2,1-3H3/t14-,25+,26-/m0/s1. The topological polar surface area (TPSA) is 211 Å². The number of nitrogens with two attached hydrogens (primary N) is 1. The lowest BCUT2D eigenvalue weighted by Crippen LogP contribution is -2.73. The Hall–Kier alpha value is -4.39. The first-order valence-corrected chi connectivity index (χ1v) is 11.2. The molecule has 0 radical (unpaired) electrons. The molecule has 3 aliphatic carbocycles. The highest BCUT2D eigenvalue weighted by Crippen LogP contribution is 2.56. The molecule has 0 saturated carbocycles. The Morgan fingerprint density at radius 3 is 2.29 bits per heavy atom. The van der Waals surface area contributed by atoms with E-state index < -0.39 is 103 Å². The summed E-state index contributed by atoms with van der Waals surface area (Å²) in [4.78, 5) is 65.9.